The Balaban J connectivity index is 1.97. The Hall–Kier alpha value is -1.18. The molecule has 1 fully saturated rings. The van der Waals surface area contributed by atoms with Crippen molar-refractivity contribution in [3.8, 4) is 5.75 Å². The van der Waals surface area contributed by atoms with Gasteiger partial charge in [0.25, 0.3) is 0 Å². The summed E-state index contributed by atoms with van der Waals surface area (Å²) in [7, 11) is 0. The van der Waals surface area contributed by atoms with Crippen molar-refractivity contribution in [1.29, 1.82) is 0 Å². The molecule has 2 rings (SSSR count). The first-order chi connectivity index (χ1) is 7.29. The van der Waals surface area contributed by atoms with E-state index in [2.05, 4.69) is 24.4 Å². The van der Waals surface area contributed by atoms with Crippen LogP contribution in [0.25, 0.3) is 0 Å². The summed E-state index contributed by atoms with van der Waals surface area (Å²) in [5.41, 5.74) is 1.17. The quantitative estimate of drug-likeness (QED) is 0.796. The summed E-state index contributed by atoms with van der Waals surface area (Å²) in [4.78, 5) is 0. The van der Waals surface area contributed by atoms with Gasteiger partial charge in [0.1, 0.15) is 5.75 Å². The first-order valence-electron chi connectivity index (χ1n) is 5.79. The number of nitrogens with one attached hydrogen (secondary N) is 1. The van der Waals surface area contributed by atoms with Crippen LogP contribution in [0.3, 0.4) is 0 Å². The first-order valence-corrected chi connectivity index (χ1v) is 5.79. The fraction of sp³-hybridized carbons (Fsp3) is 0.538. The highest BCUT2D eigenvalue weighted by atomic mass is 16.5. The highest BCUT2D eigenvalue weighted by Gasteiger charge is 2.27. The van der Waals surface area contributed by atoms with Crippen LogP contribution in [-0.2, 0) is 0 Å². The molecule has 0 radical (unpaired) electrons. The van der Waals surface area contributed by atoms with Crippen LogP contribution < -0.4 is 10.1 Å². The Labute approximate surface area is 91.6 Å². The summed E-state index contributed by atoms with van der Waals surface area (Å²) >= 11 is 0. The molecule has 2 heteroatoms. The molecule has 0 heterocycles. The van der Waals surface area contributed by atoms with Crippen molar-refractivity contribution in [1.82, 2.24) is 0 Å². The van der Waals surface area contributed by atoms with Crippen molar-refractivity contribution in [2.24, 2.45) is 5.92 Å². The van der Waals surface area contributed by atoms with Crippen molar-refractivity contribution in [2.75, 3.05) is 11.9 Å². The second kappa shape index (κ2) is 4.56. The molecule has 0 saturated heterocycles. The van der Waals surface area contributed by atoms with E-state index in [0.29, 0.717) is 6.04 Å². The molecule has 1 unspecified atom stereocenters. The van der Waals surface area contributed by atoms with Gasteiger partial charge in [0.2, 0.25) is 0 Å². The van der Waals surface area contributed by atoms with E-state index >= 15 is 0 Å². The summed E-state index contributed by atoms with van der Waals surface area (Å²) in [6.07, 6.45) is 2.75. The molecule has 2 nitrogen and oxygen atoms in total. The monoisotopic (exact) mass is 205 g/mol. The maximum absolute atomic E-state index is 5.46. The Bertz CT molecular complexity index is 320. The van der Waals surface area contributed by atoms with Gasteiger partial charge in [0, 0.05) is 17.8 Å². The highest BCUT2D eigenvalue weighted by molar-refractivity contribution is 5.49. The van der Waals surface area contributed by atoms with E-state index in [0.717, 1.165) is 18.3 Å². The number of rotatable bonds is 5. The summed E-state index contributed by atoms with van der Waals surface area (Å²) in [5, 5.41) is 3.52. The van der Waals surface area contributed by atoms with Crippen molar-refractivity contribution in [3.05, 3.63) is 24.3 Å². The zero-order chi connectivity index (χ0) is 10.7. The lowest BCUT2D eigenvalue weighted by Gasteiger charge is -2.15. The van der Waals surface area contributed by atoms with Crippen LogP contribution in [0.1, 0.15) is 26.7 Å². The molecular formula is C13H19NO. The lowest BCUT2D eigenvalue weighted by atomic mass is 10.2. The van der Waals surface area contributed by atoms with Crippen molar-refractivity contribution in [2.45, 2.75) is 32.7 Å². The second-order valence-corrected chi connectivity index (χ2v) is 4.23. The first kappa shape index (κ1) is 10.3. The zero-order valence-electron chi connectivity index (χ0n) is 9.49. The lowest BCUT2D eigenvalue weighted by Crippen LogP contribution is -2.17. The van der Waals surface area contributed by atoms with Crippen molar-refractivity contribution in [3.63, 3.8) is 0 Å². The standard InChI is InChI=1S/C13H19NO/c1-3-15-13-6-4-5-12(9-13)14-10(2)11-7-8-11/h4-6,9-11,14H,3,7-8H2,1-2H3. The van der Waals surface area contributed by atoms with Crippen LogP contribution in [-0.4, -0.2) is 12.6 Å². The van der Waals surface area contributed by atoms with Gasteiger partial charge in [-0.05, 0) is 44.7 Å². The summed E-state index contributed by atoms with van der Waals surface area (Å²) < 4.78 is 5.46. The minimum atomic E-state index is 0.585. The number of ether oxygens (including phenoxy) is 1. The maximum atomic E-state index is 5.46. The van der Waals surface area contributed by atoms with Gasteiger partial charge in [-0.1, -0.05) is 6.07 Å². The Morgan fingerprint density at radius 2 is 2.27 bits per heavy atom. The third-order valence-electron chi connectivity index (χ3n) is 2.87. The van der Waals surface area contributed by atoms with Crippen LogP contribution in [0.2, 0.25) is 0 Å². The van der Waals surface area contributed by atoms with Gasteiger partial charge < -0.3 is 10.1 Å². The lowest BCUT2D eigenvalue weighted by molar-refractivity contribution is 0.340. The molecule has 82 valence electrons. The Morgan fingerprint density at radius 3 is 2.93 bits per heavy atom. The predicted molar refractivity (Wildman–Crippen MR) is 63.4 cm³/mol. The average molecular weight is 205 g/mol. The third kappa shape index (κ3) is 2.88. The van der Waals surface area contributed by atoms with E-state index in [-0.39, 0.29) is 0 Å². The minimum absolute atomic E-state index is 0.585. The van der Waals surface area contributed by atoms with Crippen molar-refractivity contribution >= 4 is 5.69 Å². The molecular weight excluding hydrogens is 186 g/mol. The molecule has 1 saturated carbocycles. The van der Waals surface area contributed by atoms with Gasteiger partial charge in [-0.15, -0.1) is 0 Å². The maximum Gasteiger partial charge on any atom is 0.121 e. The third-order valence-corrected chi connectivity index (χ3v) is 2.87. The summed E-state index contributed by atoms with van der Waals surface area (Å²) in [6, 6.07) is 8.79. The molecule has 15 heavy (non-hydrogen) atoms. The summed E-state index contributed by atoms with van der Waals surface area (Å²) in [5.74, 6) is 1.83. The fourth-order valence-corrected chi connectivity index (χ4v) is 1.82. The van der Waals surface area contributed by atoms with E-state index in [1.165, 1.54) is 18.5 Å². The SMILES string of the molecule is CCOc1cccc(NC(C)C2CC2)c1. The second-order valence-electron chi connectivity index (χ2n) is 4.23. The Kier molecular flexibility index (Phi) is 3.14. The smallest absolute Gasteiger partial charge is 0.121 e. The van der Waals surface area contributed by atoms with Crippen LogP contribution >= 0.6 is 0 Å². The Morgan fingerprint density at radius 1 is 1.47 bits per heavy atom. The summed E-state index contributed by atoms with van der Waals surface area (Å²) in [6.45, 7) is 4.99. The minimum Gasteiger partial charge on any atom is -0.494 e. The molecule has 1 N–H and O–H groups in total. The largest absolute Gasteiger partial charge is 0.494 e. The predicted octanol–water partition coefficient (Wildman–Crippen LogP) is 3.30. The van der Waals surface area contributed by atoms with Crippen molar-refractivity contribution < 1.29 is 4.74 Å². The van der Waals surface area contributed by atoms with Gasteiger partial charge in [-0.25, -0.2) is 0 Å². The molecule has 1 aromatic rings. The molecule has 1 atom stereocenters. The fourth-order valence-electron chi connectivity index (χ4n) is 1.82. The van der Waals surface area contributed by atoms with Crippen LogP contribution in [0.15, 0.2) is 24.3 Å². The highest BCUT2D eigenvalue weighted by Crippen LogP contribution is 2.34. The van der Waals surface area contributed by atoms with E-state index in [1.54, 1.807) is 0 Å². The zero-order valence-corrected chi connectivity index (χ0v) is 9.49. The molecule has 1 aromatic carbocycles. The van der Waals surface area contributed by atoms with E-state index in [1.807, 2.05) is 19.1 Å². The van der Waals surface area contributed by atoms with Crippen LogP contribution in [0, 0.1) is 5.92 Å². The normalized spacial score (nSPS) is 17.2. The van der Waals surface area contributed by atoms with E-state index in [4.69, 9.17) is 4.74 Å². The number of anilines is 1. The van der Waals surface area contributed by atoms with Gasteiger partial charge in [0.15, 0.2) is 0 Å². The number of benzene rings is 1. The molecule has 0 aromatic heterocycles. The molecule has 1 aliphatic carbocycles. The van der Waals surface area contributed by atoms with E-state index < -0.39 is 0 Å². The number of hydrogen-bond acceptors (Lipinski definition) is 2. The number of hydrogen-bond donors (Lipinski definition) is 1. The molecule has 0 spiro atoms. The van der Waals surface area contributed by atoms with Gasteiger partial charge in [-0.3, -0.25) is 0 Å². The molecule has 0 bridgehead atoms. The molecule has 0 aliphatic heterocycles. The van der Waals surface area contributed by atoms with E-state index in [9.17, 15) is 0 Å². The molecule has 1 aliphatic rings. The topological polar surface area (TPSA) is 21.3 Å². The van der Waals surface area contributed by atoms with Gasteiger partial charge in [-0.2, -0.15) is 0 Å². The molecule has 0 amide bonds. The van der Waals surface area contributed by atoms with Crippen LogP contribution in [0.4, 0.5) is 5.69 Å². The van der Waals surface area contributed by atoms with Gasteiger partial charge >= 0.3 is 0 Å². The van der Waals surface area contributed by atoms with Gasteiger partial charge in [0.05, 0.1) is 6.61 Å². The van der Waals surface area contributed by atoms with Crippen LogP contribution in [0.5, 0.6) is 5.75 Å². The average Bonchev–Trinajstić information content (AvgIpc) is 3.01.